The molecule has 2 aromatic rings. The lowest BCUT2D eigenvalue weighted by molar-refractivity contribution is -0.117. The molecular formula is C17H21ClN4O2. The van der Waals surface area contributed by atoms with Crippen molar-refractivity contribution in [3.63, 3.8) is 0 Å². The van der Waals surface area contributed by atoms with Gasteiger partial charge in [0.1, 0.15) is 0 Å². The predicted molar refractivity (Wildman–Crippen MR) is 92.9 cm³/mol. The Morgan fingerprint density at radius 1 is 1.12 bits per heavy atom. The Hall–Kier alpha value is -1.92. The van der Waals surface area contributed by atoms with Crippen molar-refractivity contribution < 1.29 is 9.32 Å². The third kappa shape index (κ3) is 2.91. The Morgan fingerprint density at radius 3 is 2.46 bits per heavy atom. The van der Waals surface area contributed by atoms with Crippen molar-refractivity contribution in [3.05, 3.63) is 30.1 Å². The van der Waals surface area contributed by atoms with E-state index in [1.54, 1.807) is 0 Å². The van der Waals surface area contributed by atoms with E-state index in [1.807, 2.05) is 29.2 Å². The van der Waals surface area contributed by atoms with Crippen LogP contribution in [0.1, 0.15) is 44.3 Å². The maximum Gasteiger partial charge on any atom is 0.257 e. The molecule has 7 heteroatoms. The Bertz CT molecular complexity index is 722. The number of hydrogen-bond donors (Lipinski definition) is 1. The Balaban J connectivity index is 0.00000169. The lowest BCUT2D eigenvalue weighted by Gasteiger charge is -2.17. The van der Waals surface area contributed by atoms with Gasteiger partial charge in [-0.3, -0.25) is 4.79 Å². The third-order valence-electron chi connectivity index (χ3n) is 4.87. The quantitative estimate of drug-likeness (QED) is 0.921. The third-order valence-corrected chi connectivity index (χ3v) is 4.87. The highest BCUT2D eigenvalue weighted by Gasteiger charge is 2.36. The van der Waals surface area contributed by atoms with Crippen LogP contribution in [0.2, 0.25) is 0 Å². The second-order valence-corrected chi connectivity index (χ2v) is 6.48. The minimum Gasteiger partial charge on any atom is -0.334 e. The van der Waals surface area contributed by atoms with E-state index in [0.717, 1.165) is 49.9 Å². The molecule has 1 amide bonds. The molecule has 2 heterocycles. The van der Waals surface area contributed by atoms with Crippen LogP contribution in [0.3, 0.4) is 0 Å². The van der Waals surface area contributed by atoms with Crippen molar-refractivity contribution in [2.75, 3.05) is 11.4 Å². The number of amides is 1. The van der Waals surface area contributed by atoms with Gasteiger partial charge in [0.15, 0.2) is 5.82 Å². The molecule has 1 aromatic carbocycles. The summed E-state index contributed by atoms with van der Waals surface area (Å²) >= 11 is 0. The first-order valence-electron chi connectivity index (χ1n) is 8.20. The van der Waals surface area contributed by atoms with Gasteiger partial charge in [0, 0.05) is 24.2 Å². The van der Waals surface area contributed by atoms with Gasteiger partial charge in [0.2, 0.25) is 5.91 Å². The maximum absolute atomic E-state index is 11.8. The second-order valence-electron chi connectivity index (χ2n) is 6.48. The van der Waals surface area contributed by atoms with Crippen LogP contribution in [0.5, 0.6) is 0 Å². The topological polar surface area (TPSA) is 85.2 Å². The first-order chi connectivity index (χ1) is 11.2. The van der Waals surface area contributed by atoms with Gasteiger partial charge in [-0.15, -0.1) is 12.4 Å². The molecule has 1 aliphatic heterocycles. The molecule has 2 N–H and O–H groups in total. The lowest BCUT2D eigenvalue weighted by Crippen LogP contribution is -2.34. The summed E-state index contributed by atoms with van der Waals surface area (Å²) in [6, 6.07) is 7.68. The highest BCUT2D eigenvalue weighted by molar-refractivity contribution is 5.95. The molecule has 2 fully saturated rings. The van der Waals surface area contributed by atoms with Crippen LogP contribution in [0.25, 0.3) is 11.5 Å². The molecule has 1 aliphatic carbocycles. The van der Waals surface area contributed by atoms with E-state index in [9.17, 15) is 4.79 Å². The second kappa shape index (κ2) is 6.53. The van der Waals surface area contributed by atoms with Crippen molar-refractivity contribution in [1.82, 2.24) is 10.1 Å². The van der Waals surface area contributed by atoms with E-state index in [-0.39, 0.29) is 18.3 Å². The van der Waals surface area contributed by atoms with Crippen LogP contribution in [0.15, 0.2) is 28.8 Å². The predicted octanol–water partition coefficient (Wildman–Crippen LogP) is 3.01. The van der Waals surface area contributed by atoms with Gasteiger partial charge in [-0.05, 0) is 43.5 Å². The van der Waals surface area contributed by atoms with Crippen molar-refractivity contribution in [2.24, 2.45) is 5.73 Å². The molecule has 2 aliphatic rings. The highest BCUT2D eigenvalue weighted by Crippen LogP contribution is 2.35. The molecule has 0 spiro atoms. The molecule has 6 nitrogen and oxygen atoms in total. The number of benzene rings is 1. The molecule has 1 saturated carbocycles. The molecule has 0 bridgehead atoms. The van der Waals surface area contributed by atoms with Gasteiger partial charge in [0.25, 0.3) is 5.89 Å². The zero-order valence-corrected chi connectivity index (χ0v) is 14.2. The van der Waals surface area contributed by atoms with Gasteiger partial charge in [0.05, 0.1) is 5.54 Å². The number of anilines is 1. The van der Waals surface area contributed by atoms with Crippen LogP contribution in [0.4, 0.5) is 5.69 Å². The van der Waals surface area contributed by atoms with Crippen molar-refractivity contribution in [3.8, 4) is 11.5 Å². The zero-order chi connectivity index (χ0) is 15.9. The summed E-state index contributed by atoms with van der Waals surface area (Å²) in [6.07, 6.45) is 5.58. The molecule has 4 rings (SSSR count). The Kier molecular flexibility index (Phi) is 4.60. The standard InChI is InChI=1S/C17H20N4O2.ClH/c18-17(9-1-2-10-17)16-19-15(23-20-16)12-5-7-13(8-6-12)21-11-3-4-14(21)22;/h5-8H,1-4,9-11,18H2;1H. The number of rotatable bonds is 3. The largest absolute Gasteiger partial charge is 0.334 e. The molecule has 24 heavy (non-hydrogen) atoms. The first kappa shape index (κ1) is 16.9. The van der Waals surface area contributed by atoms with Gasteiger partial charge < -0.3 is 15.2 Å². The minimum absolute atomic E-state index is 0. The number of hydrogen-bond acceptors (Lipinski definition) is 5. The number of carbonyl (C=O) groups excluding carboxylic acids is 1. The fourth-order valence-electron chi connectivity index (χ4n) is 3.48. The summed E-state index contributed by atoms with van der Waals surface area (Å²) in [5.74, 6) is 1.27. The molecule has 0 unspecified atom stereocenters. The van der Waals surface area contributed by atoms with E-state index >= 15 is 0 Å². The molecule has 0 atom stereocenters. The maximum atomic E-state index is 11.8. The number of nitrogens with zero attached hydrogens (tertiary/aromatic N) is 3. The number of carbonyl (C=O) groups is 1. The van der Waals surface area contributed by atoms with Crippen LogP contribution in [-0.2, 0) is 10.3 Å². The van der Waals surface area contributed by atoms with Crippen molar-refractivity contribution >= 4 is 24.0 Å². The fourth-order valence-corrected chi connectivity index (χ4v) is 3.48. The SMILES string of the molecule is Cl.NC1(c2noc(-c3ccc(N4CCCC4=O)cc3)n2)CCCC1. The molecule has 1 saturated heterocycles. The highest BCUT2D eigenvalue weighted by atomic mass is 35.5. The summed E-state index contributed by atoms with van der Waals surface area (Å²) in [5.41, 5.74) is 7.69. The Labute approximate surface area is 146 Å². The van der Waals surface area contributed by atoms with E-state index in [2.05, 4.69) is 10.1 Å². The number of halogens is 1. The number of nitrogens with two attached hydrogens (primary N) is 1. The van der Waals surface area contributed by atoms with Crippen LogP contribution in [0, 0.1) is 0 Å². The average Bonchev–Trinajstić information content (AvgIpc) is 3.28. The first-order valence-corrected chi connectivity index (χ1v) is 8.20. The van der Waals surface area contributed by atoms with E-state index in [4.69, 9.17) is 10.3 Å². The lowest BCUT2D eigenvalue weighted by atomic mass is 9.99. The van der Waals surface area contributed by atoms with Gasteiger partial charge in [-0.25, -0.2) is 0 Å². The summed E-state index contributed by atoms with van der Waals surface area (Å²) in [6.45, 7) is 0.790. The minimum atomic E-state index is -0.441. The average molecular weight is 349 g/mol. The van der Waals surface area contributed by atoms with Crippen LogP contribution >= 0.6 is 12.4 Å². The van der Waals surface area contributed by atoms with Gasteiger partial charge in [-0.2, -0.15) is 4.98 Å². The number of aromatic nitrogens is 2. The monoisotopic (exact) mass is 348 g/mol. The van der Waals surface area contributed by atoms with Crippen LogP contribution < -0.4 is 10.6 Å². The van der Waals surface area contributed by atoms with Crippen LogP contribution in [-0.4, -0.2) is 22.6 Å². The van der Waals surface area contributed by atoms with Gasteiger partial charge in [-0.1, -0.05) is 18.0 Å². The van der Waals surface area contributed by atoms with Gasteiger partial charge >= 0.3 is 0 Å². The summed E-state index contributed by atoms with van der Waals surface area (Å²) < 4.78 is 5.39. The summed E-state index contributed by atoms with van der Waals surface area (Å²) in [5, 5.41) is 4.08. The summed E-state index contributed by atoms with van der Waals surface area (Å²) in [7, 11) is 0. The van der Waals surface area contributed by atoms with E-state index in [0.29, 0.717) is 18.1 Å². The van der Waals surface area contributed by atoms with Crippen molar-refractivity contribution in [2.45, 2.75) is 44.1 Å². The summed E-state index contributed by atoms with van der Waals surface area (Å²) in [4.78, 5) is 18.1. The molecule has 128 valence electrons. The molecule has 0 radical (unpaired) electrons. The molecular weight excluding hydrogens is 328 g/mol. The smallest absolute Gasteiger partial charge is 0.257 e. The molecule has 1 aromatic heterocycles. The van der Waals surface area contributed by atoms with Crippen molar-refractivity contribution in [1.29, 1.82) is 0 Å². The fraction of sp³-hybridized carbons (Fsp3) is 0.471. The Morgan fingerprint density at radius 2 is 1.83 bits per heavy atom. The van der Waals surface area contributed by atoms with E-state index < -0.39 is 5.54 Å². The van der Waals surface area contributed by atoms with E-state index in [1.165, 1.54) is 0 Å². The normalized spacial score (nSPS) is 19.5. The zero-order valence-electron chi connectivity index (χ0n) is 13.4.